The summed E-state index contributed by atoms with van der Waals surface area (Å²) >= 11 is 12.1. The molecule has 0 bridgehead atoms. The van der Waals surface area contributed by atoms with Crippen molar-refractivity contribution in [3.8, 4) is 0 Å². The minimum atomic E-state index is -0.917. The van der Waals surface area contributed by atoms with E-state index in [-0.39, 0.29) is 6.54 Å². The maximum atomic E-state index is 11.1. The number of benzene rings is 1. The Morgan fingerprint density at radius 1 is 1.33 bits per heavy atom. The summed E-state index contributed by atoms with van der Waals surface area (Å²) in [6, 6.07) is 7.01. The lowest BCUT2D eigenvalue weighted by atomic mass is 10.2. The van der Waals surface area contributed by atoms with Crippen molar-refractivity contribution in [1.29, 1.82) is 0 Å². The van der Waals surface area contributed by atoms with Crippen LogP contribution in [0.25, 0.3) is 0 Å². The van der Waals surface area contributed by atoms with Crippen molar-refractivity contribution >= 4 is 34.9 Å². The molecule has 7 heteroatoms. The van der Waals surface area contributed by atoms with Crippen molar-refractivity contribution in [1.82, 2.24) is 9.78 Å². The minimum absolute atomic E-state index is 0.137. The zero-order chi connectivity index (χ0) is 15.6. The molecule has 2 rings (SSSR count). The summed E-state index contributed by atoms with van der Waals surface area (Å²) in [5, 5.41) is 14.5. The van der Waals surface area contributed by atoms with Gasteiger partial charge in [-0.15, -0.1) is 0 Å². The first-order valence-corrected chi connectivity index (χ1v) is 7.04. The van der Waals surface area contributed by atoms with Gasteiger partial charge in [-0.3, -0.25) is 9.48 Å². The number of carboxylic acid groups (broad SMARTS) is 1. The number of anilines is 1. The van der Waals surface area contributed by atoms with Crippen LogP contribution < -0.4 is 4.90 Å². The normalized spacial score (nSPS) is 10.7. The highest BCUT2D eigenvalue weighted by molar-refractivity contribution is 6.32. The Morgan fingerprint density at radius 2 is 1.95 bits per heavy atom. The highest BCUT2D eigenvalue weighted by Crippen LogP contribution is 2.24. The Hall–Kier alpha value is -1.72. The maximum Gasteiger partial charge on any atom is 0.323 e. The van der Waals surface area contributed by atoms with Gasteiger partial charge in [-0.1, -0.05) is 23.2 Å². The molecule has 1 heterocycles. The molecule has 0 spiro atoms. The van der Waals surface area contributed by atoms with E-state index in [2.05, 4.69) is 5.10 Å². The van der Waals surface area contributed by atoms with E-state index < -0.39 is 5.97 Å². The SMILES string of the molecule is Cc1nn(C)c(CN(CC(=O)O)c2ccc(Cl)cc2)c1Cl. The predicted molar refractivity (Wildman–Crippen MR) is 83.1 cm³/mol. The van der Waals surface area contributed by atoms with Gasteiger partial charge in [0, 0.05) is 17.8 Å². The van der Waals surface area contributed by atoms with E-state index in [1.54, 1.807) is 40.9 Å². The summed E-state index contributed by atoms with van der Waals surface area (Å²) in [6.07, 6.45) is 0. The molecule has 21 heavy (non-hydrogen) atoms. The number of aliphatic carboxylic acids is 1. The quantitative estimate of drug-likeness (QED) is 0.916. The van der Waals surface area contributed by atoms with Gasteiger partial charge in [-0.2, -0.15) is 5.10 Å². The lowest BCUT2D eigenvalue weighted by Gasteiger charge is -2.23. The summed E-state index contributed by atoms with van der Waals surface area (Å²) in [6.45, 7) is 2.03. The number of nitrogens with zero attached hydrogens (tertiary/aromatic N) is 3. The number of carboxylic acids is 1. The fourth-order valence-corrected chi connectivity index (χ4v) is 2.43. The third kappa shape index (κ3) is 3.68. The van der Waals surface area contributed by atoms with E-state index in [0.717, 1.165) is 17.1 Å². The molecule has 0 saturated carbocycles. The number of aromatic nitrogens is 2. The van der Waals surface area contributed by atoms with Crippen molar-refractivity contribution in [2.45, 2.75) is 13.5 Å². The second kappa shape index (κ2) is 6.37. The molecule has 0 unspecified atom stereocenters. The second-order valence-corrected chi connectivity index (χ2v) is 5.51. The molecular formula is C14H15Cl2N3O2. The third-order valence-corrected chi connectivity index (χ3v) is 3.86. The molecular weight excluding hydrogens is 313 g/mol. The van der Waals surface area contributed by atoms with Crippen molar-refractivity contribution < 1.29 is 9.90 Å². The number of hydrogen-bond acceptors (Lipinski definition) is 3. The first-order chi connectivity index (χ1) is 9.88. The zero-order valence-corrected chi connectivity index (χ0v) is 13.2. The van der Waals surface area contributed by atoms with Gasteiger partial charge >= 0.3 is 5.97 Å². The fraction of sp³-hybridized carbons (Fsp3) is 0.286. The third-order valence-electron chi connectivity index (χ3n) is 3.12. The summed E-state index contributed by atoms with van der Waals surface area (Å²) in [4.78, 5) is 12.8. The summed E-state index contributed by atoms with van der Waals surface area (Å²) in [5.41, 5.74) is 2.25. The van der Waals surface area contributed by atoms with Gasteiger partial charge in [0.05, 0.1) is 23.0 Å². The van der Waals surface area contributed by atoms with E-state index in [9.17, 15) is 4.79 Å². The van der Waals surface area contributed by atoms with Crippen LogP contribution in [0.1, 0.15) is 11.4 Å². The highest BCUT2D eigenvalue weighted by Gasteiger charge is 2.17. The Morgan fingerprint density at radius 3 is 2.43 bits per heavy atom. The molecule has 0 radical (unpaired) electrons. The van der Waals surface area contributed by atoms with Crippen LogP contribution in [-0.2, 0) is 18.4 Å². The first kappa shape index (κ1) is 15.7. The number of halogens is 2. The van der Waals surface area contributed by atoms with Crippen LogP contribution in [0.3, 0.4) is 0 Å². The molecule has 0 fully saturated rings. The monoisotopic (exact) mass is 327 g/mol. The van der Waals surface area contributed by atoms with E-state index >= 15 is 0 Å². The van der Waals surface area contributed by atoms with Crippen molar-refractivity contribution in [2.24, 2.45) is 7.05 Å². The van der Waals surface area contributed by atoms with Gasteiger partial charge in [-0.05, 0) is 31.2 Å². The van der Waals surface area contributed by atoms with Crippen LogP contribution in [0.15, 0.2) is 24.3 Å². The van der Waals surface area contributed by atoms with Gasteiger partial charge < -0.3 is 10.0 Å². The van der Waals surface area contributed by atoms with Gasteiger partial charge in [0.15, 0.2) is 0 Å². The van der Waals surface area contributed by atoms with Gasteiger partial charge in [0.25, 0.3) is 0 Å². The Labute approximate surface area is 132 Å². The van der Waals surface area contributed by atoms with Gasteiger partial charge in [-0.25, -0.2) is 0 Å². The van der Waals surface area contributed by atoms with Crippen LogP contribution in [0.2, 0.25) is 10.0 Å². The lowest BCUT2D eigenvalue weighted by molar-refractivity contribution is -0.135. The lowest BCUT2D eigenvalue weighted by Crippen LogP contribution is -2.30. The highest BCUT2D eigenvalue weighted by atomic mass is 35.5. The summed E-state index contributed by atoms with van der Waals surface area (Å²) in [7, 11) is 1.79. The minimum Gasteiger partial charge on any atom is -0.480 e. The van der Waals surface area contributed by atoms with E-state index in [0.29, 0.717) is 16.6 Å². The van der Waals surface area contributed by atoms with Gasteiger partial charge in [0.2, 0.25) is 0 Å². The number of hydrogen-bond donors (Lipinski definition) is 1. The van der Waals surface area contributed by atoms with Crippen LogP contribution >= 0.6 is 23.2 Å². The molecule has 0 atom stereocenters. The summed E-state index contributed by atoms with van der Waals surface area (Å²) < 4.78 is 1.67. The maximum absolute atomic E-state index is 11.1. The van der Waals surface area contributed by atoms with Crippen molar-refractivity contribution in [2.75, 3.05) is 11.4 Å². The Bertz CT molecular complexity index is 653. The molecule has 2 aromatic rings. The molecule has 0 aliphatic heterocycles. The van der Waals surface area contributed by atoms with E-state index in [1.165, 1.54) is 0 Å². The molecule has 1 aromatic carbocycles. The topological polar surface area (TPSA) is 58.4 Å². The van der Waals surface area contributed by atoms with Crippen LogP contribution in [0.4, 0.5) is 5.69 Å². The smallest absolute Gasteiger partial charge is 0.323 e. The van der Waals surface area contributed by atoms with Crippen LogP contribution in [0.5, 0.6) is 0 Å². The standard InChI is InChI=1S/C14H15Cl2N3O2/c1-9-14(16)12(18(2)17-9)7-19(8-13(20)21)11-5-3-10(15)4-6-11/h3-6H,7-8H2,1-2H3,(H,20,21). The summed E-state index contributed by atoms with van der Waals surface area (Å²) in [5.74, 6) is -0.917. The first-order valence-electron chi connectivity index (χ1n) is 6.28. The van der Waals surface area contributed by atoms with Gasteiger partial charge in [0.1, 0.15) is 6.54 Å². The van der Waals surface area contributed by atoms with Crippen LogP contribution in [-0.4, -0.2) is 27.4 Å². The largest absolute Gasteiger partial charge is 0.480 e. The molecule has 1 aromatic heterocycles. The van der Waals surface area contributed by atoms with Crippen molar-refractivity contribution in [3.63, 3.8) is 0 Å². The molecule has 0 aliphatic carbocycles. The fourth-order valence-electron chi connectivity index (χ4n) is 2.09. The Kier molecular flexibility index (Phi) is 4.75. The number of carbonyl (C=O) groups is 1. The van der Waals surface area contributed by atoms with E-state index in [4.69, 9.17) is 28.3 Å². The molecule has 112 valence electrons. The number of aryl methyl sites for hydroxylation is 2. The molecule has 0 aliphatic rings. The van der Waals surface area contributed by atoms with Crippen molar-refractivity contribution in [3.05, 3.63) is 45.7 Å². The molecule has 0 amide bonds. The Balaban J connectivity index is 2.32. The molecule has 5 nitrogen and oxygen atoms in total. The number of rotatable bonds is 5. The van der Waals surface area contributed by atoms with Crippen LogP contribution in [0, 0.1) is 6.92 Å². The average molecular weight is 328 g/mol. The molecule has 0 saturated heterocycles. The molecule has 1 N–H and O–H groups in total. The average Bonchev–Trinajstić information content (AvgIpc) is 2.65. The predicted octanol–water partition coefficient (Wildman–Crippen LogP) is 3.13. The zero-order valence-electron chi connectivity index (χ0n) is 11.7. The van der Waals surface area contributed by atoms with E-state index in [1.807, 2.05) is 6.92 Å². The second-order valence-electron chi connectivity index (χ2n) is 4.70.